The van der Waals surface area contributed by atoms with Gasteiger partial charge in [0.1, 0.15) is 0 Å². The molecular weight excluding hydrogens is 198 g/mol. The van der Waals surface area contributed by atoms with Crippen molar-refractivity contribution in [1.82, 2.24) is 0 Å². The Morgan fingerprint density at radius 1 is 0.875 bits per heavy atom. The van der Waals surface area contributed by atoms with E-state index < -0.39 is 0 Å². The second kappa shape index (κ2) is 4.57. The number of nitrogens with one attached hydrogen (secondary N) is 2. The monoisotopic (exact) mass is 213 g/mol. The third-order valence-corrected chi connectivity index (χ3v) is 2.35. The molecule has 0 saturated carbocycles. The van der Waals surface area contributed by atoms with Gasteiger partial charge in [-0.15, -0.1) is 0 Å². The second-order valence-corrected chi connectivity index (χ2v) is 3.58. The normalized spacial score (nSPS) is 9.81. The molecule has 0 aliphatic carbocycles. The van der Waals surface area contributed by atoms with Gasteiger partial charge in [-0.25, -0.2) is 0 Å². The van der Waals surface area contributed by atoms with Crippen LogP contribution in [0.5, 0.6) is 0 Å². The first-order chi connectivity index (χ1) is 7.78. The minimum atomic E-state index is 0.761. The Balaban J connectivity index is 2.14. The van der Waals surface area contributed by atoms with Gasteiger partial charge in [0.25, 0.3) is 0 Å². The lowest BCUT2D eigenvalue weighted by atomic mass is 10.2. The van der Waals surface area contributed by atoms with Crippen LogP contribution in [-0.2, 0) is 0 Å². The number of nitrogens with two attached hydrogens (primary N) is 1. The van der Waals surface area contributed by atoms with Crippen molar-refractivity contribution in [1.29, 1.82) is 0 Å². The largest absolute Gasteiger partial charge is 0.399 e. The molecule has 2 aromatic rings. The van der Waals surface area contributed by atoms with Crippen molar-refractivity contribution in [2.24, 2.45) is 0 Å². The van der Waals surface area contributed by atoms with Crippen LogP contribution in [-0.4, -0.2) is 7.05 Å². The molecule has 0 heterocycles. The van der Waals surface area contributed by atoms with Crippen molar-refractivity contribution < 1.29 is 0 Å². The number of hydrogen-bond acceptors (Lipinski definition) is 3. The molecule has 2 aromatic carbocycles. The highest BCUT2D eigenvalue weighted by molar-refractivity contribution is 5.65. The highest BCUT2D eigenvalue weighted by Gasteiger charge is 1.95. The summed E-state index contributed by atoms with van der Waals surface area (Å²) in [5.41, 5.74) is 9.61. The molecule has 0 aliphatic heterocycles. The number of rotatable bonds is 3. The standard InChI is InChI=1S/C13H15N3/c1-15-11-5-7-12(8-6-11)16-13-4-2-3-10(14)9-13/h2-9,15-16H,14H2,1H3. The zero-order valence-corrected chi connectivity index (χ0v) is 9.20. The Bertz CT molecular complexity index is 463. The van der Waals surface area contributed by atoms with Crippen LogP contribution >= 0.6 is 0 Å². The van der Waals surface area contributed by atoms with Crippen molar-refractivity contribution in [3.63, 3.8) is 0 Å². The Labute approximate surface area is 95.3 Å². The van der Waals surface area contributed by atoms with Crippen LogP contribution in [0, 0.1) is 0 Å². The smallest absolute Gasteiger partial charge is 0.0404 e. The Morgan fingerprint density at radius 3 is 2.19 bits per heavy atom. The van der Waals surface area contributed by atoms with E-state index in [1.54, 1.807) is 0 Å². The van der Waals surface area contributed by atoms with Crippen molar-refractivity contribution in [2.45, 2.75) is 0 Å². The lowest BCUT2D eigenvalue weighted by Gasteiger charge is -2.08. The van der Waals surface area contributed by atoms with Gasteiger partial charge in [-0.2, -0.15) is 0 Å². The summed E-state index contributed by atoms with van der Waals surface area (Å²) < 4.78 is 0. The SMILES string of the molecule is CNc1ccc(Nc2cccc(N)c2)cc1. The average Bonchev–Trinajstić information content (AvgIpc) is 2.30. The fraction of sp³-hybridized carbons (Fsp3) is 0.0769. The van der Waals surface area contributed by atoms with Gasteiger partial charge in [-0.05, 0) is 42.5 Å². The van der Waals surface area contributed by atoms with Gasteiger partial charge in [-0.3, -0.25) is 0 Å². The maximum absolute atomic E-state index is 5.71. The lowest BCUT2D eigenvalue weighted by molar-refractivity contribution is 1.49. The molecule has 16 heavy (non-hydrogen) atoms. The second-order valence-electron chi connectivity index (χ2n) is 3.58. The topological polar surface area (TPSA) is 50.1 Å². The van der Waals surface area contributed by atoms with E-state index >= 15 is 0 Å². The molecular formula is C13H15N3. The molecule has 3 heteroatoms. The predicted octanol–water partition coefficient (Wildman–Crippen LogP) is 3.05. The zero-order chi connectivity index (χ0) is 11.4. The summed E-state index contributed by atoms with van der Waals surface area (Å²) in [5.74, 6) is 0. The Kier molecular flexibility index (Phi) is 2.96. The van der Waals surface area contributed by atoms with Gasteiger partial charge < -0.3 is 16.4 Å². The van der Waals surface area contributed by atoms with Crippen molar-refractivity contribution in [2.75, 3.05) is 23.4 Å². The number of benzene rings is 2. The van der Waals surface area contributed by atoms with Crippen LogP contribution in [0.2, 0.25) is 0 Å². The lowest BCUT2D eigenvalue weighted by Crippen LogP contribution is -1.93. The summed E-state index contributed by atoms with van der Waals surface area (Å²) in [6.45, 7) is 0. The summed E-state index contributed by atoms with van der Waals surface area (Å²) >= 11 is 0. The van der Waals surface area contributed by atoms with Gasteiger partial charge in [-0.1, -0.05) is 6.07 Å². The summed E-state index contributed by atoms with van der Waals surface area (Å²) in [6.07, 6.45) is 0. The quantitative estimate of drug-likeness (QED) is 0.687. The third-order valence-electron chi connectivity index (χ3n) is 2.35. The Hall–Kier alpha value is -2.16. The van der Waals surface area contributed by atoms with E-state index in [0.29, 0.717) is 0 Å². The molecule has 0 saturated heterocycles. The first-order valence-corrected chi connectivity index (χ1v) is 5.18. The molecule has 0 atom stereocenters. The fourth-order valence-corrected chi connectivity index (χ4v) is 1.50. The molecule has 0 aliphatic rings. The molecule has 0 bridgehead atoms. The van der Waals surface area contributed by atoms with Crippen molar-refractivity contribution >= 4 is 22.7 Å². The van der Waals surface area contributed by atoms with Crippen molar-refractivity contribution in [3.8, 4) is 0 Å². The maximum Gasteiger partial charge on any atom is 0.0404 e. The molecule has 82 valence electrons. The van der Waals surface area contributed by atoms with E-state index in [-0.39, 0.29) is 0 Å². The van der Waals surface area contributed by atoms with E-state index in [4.69, 9.17) is 5.73 Å². The van der Waals surface area contributed by atoms with Crippen LogP contribution in [0.1, 0.15) is 0 Å². The minimum Gasteiger partial charge on any atom is -0.399 e. The van der Waals surface area contributed by atoms with Crippen LogP contribution in [0.25, 0.3) is 0 Å². The molecule has 2 rings (SSSR count). The predicted molar refractivity (Wildman–Crippen MR) is 70.1 cm³/mol. The minimum absolute atomic E-state index is 0.761. The maximum atomic E-state index is 5.71. The fourth-order valence-electron chi connectivity index (χ4n) is 1.50. The zero-order valence-electron chi connectivity index (χ0n) is 9.20. The number of anilines is 4. The highest BCUT2D eigenvalue weighted by Crippen LogP contribution is 2.20. The van der Waals surface area contributed by atoms with E-state index in [9.17, 15) is 0 Å². The van der Waals surface area contributed by atoms with E-state index in [1.807, 2.05) is 55.6 Å². The van der Waals surface area contributed by atoms with Gasteiger partial charge in [0.05, 0.1) is 0 Å². The third kappa shape index (κ3) is 2.45. The number of hydrogen-bond donors (Lipinski definition) is 3. The summed E-state index contributed by atoms with van der Waals surface area (Å²) in [7, 11) is 1.90. The molecule has 3 nitrogen and oxygen atoms in total. The first-order valence-electron chi connectivity index (χ1n) is 5.18. The molecule has 0 aromatic heterocycles. The Morgan fingerprint density at radius 2 is 1.56 bits per heavy atom. The molecule has 0 amide bonds. The highest BCUT2D eigenvalue weighted by atomic mass is 14.9. The molecule has 0 spiro atoms. The van der Waals surface area contributed by atoms with Gasteiger partial charge in [0.2, 0.25) is 0 Å². The summed E-state index contributed by atoms with van der Waals surface area (Å²) in [4.78, 5) is 0. The van der Waals surface area contributed by atoms with E-state index in [0.717, 1.165) is 22.7 Å². The summed E-state index contributed by atoms with van der Waals surface area (Å²) in [5, 5.41) is 6.37. The van der Waals surface area contributed by atoms with E-state index in [2.05, 4.69) is 10.6 Å². The molecule has 4 N–H and O–H groups in total. The average molecular weight is 213 g/mol. The molecule has 0 fully saturated rings. The van der Waals surface area contributed by atoms with Crippen molar-refractivity contribution in [3.05, 3.63) is 48.5 Å². The van der Waals surface area contributed by atoms with Gasteiger partial charge in [0, 0.05) is 29.8 Å². The van der Waals surface area contributed by atoms with Crippen LogP contribution in [0.3, 0.4) is 0 Å². The molecule has 0 radical (unpaired) electrons. The van der Waals surface area contributed by atoms with E-state index in [1.165, 1.54) is 0 Å². The summed E-state index contributed by atoms with van der Waals surface area (Å²) in [6, 6.07) is 15.8. The number of nitrogen functional groups attached to an aromatic ring is 1. The van der Waals surface area contributed by atoms with Gasteiger partial charge >= 0.3 is 0 Å². The van der Waals surface area contributed by atoms with Crippen LogP contribution < -0.4 is 16.4 Å². The van der Waals surface area contributed by atoms with Gasteiger partial charge in [0.15, 0.2) is 0 Å². The van der Waals surface area contributed by atoms with Crippen LogP contribution in [0.15, 0.2) is 48.5 Å². The first kappa shape index (κ1) is 10.4. The molecule has 0 unspecified atom stereocenters. The van der Waals surface area contributed by atoms with Crippen LogP contribution in [0.4, 0.5) is 22.7 Å².